The van der Waals surface area contributed by atoms with Crippen molar-refractivity contribution in [2.45, 2.75) is 57.7 Å². The molecule has 1 aliphatic carbocycles. The summed E-state index contributed by atoms with van der Waals surface area (Å²) >= 11 is 0. The summed E-state index contributed by atoms with van der Waals surface area (Å²) in [4.78, 5) is 29.9. The number of carbonyl (C=O) groups excluding carboxylic acids is 2. The molecule has 0 atom stereocenters. The smallest absolute Gasteiger partial charge is 0.254 e. The van der Waals surface area contributed by atoms with Crippen LogP contribution in [-0.2, 0) is 17.9 Å². The van der Waals surface area contributed by atoms with Crippen LogP contribution in [-0.4, -0.2) is 47.8 Å². The van der Waals surface area contributed by atoms with E-state index >= 15 is 0 Å². The molecule has 1 aliphatic heterocycles. The van der Waals surface area contributed by atoms with Gasteiger partial charge in [-0.25, -0.2) is 0 Å². The van der Waals surface area contributed by atoms with Gasteiger partial charge in [0, 0.05) is 24.1 Å². The lowest BCUT2D eigenvalue weighted by atomic mass is 10.0. The van der Waals surface area contributed by atoms with Gasteiger partial charge < -0.3 is 19.5 Å². The molecule has 0 unspecified atom stereocenters. The Morgan fingerprint density at radius 3 is 2.42 bits per heavy atom. The first kappa shape index (κ1) is 21.6. The van der Waals surface area contributed by atoms with E-state index in [1.54, 1.807) is 6.26 Å². The van der Waals surface area contributed by atoms with Crippen molar-refractivity contribution in [3.63, 3.8) is 0 Å². The molecule has 2 aromatic rings. The Labute approximate surface area is 184 Å². The molecule has 0 bridgehead atoms. The molecule has 2 fully saturated rings. The summed E-state index contributed by atoms with van der Waals surface area (Å²) in [6, 6.07) is 11.6. The van der Waals surface area contributed by atoms with Crippen LogP contribution >= 0.6 is 0 Å². The monoisotopic (exact) mass is 423 g/mol. The molecule has 2 heterocycles. The maximum absolute atomic E-state index is 13.4. The molecule has 4 rings (SSSR count). The maximum atomic E-state index is 13.4. The summed E-state index contributed by atoms with van der Waals surface area (Å²) in [5.74, 6) is 1.17. The second kappa shape index (κ2) is 10.1. The molecule has 1 saturated heterocycles. The van der Waals surface area contributed by atoms with Crippen molar-refractivity contribution in [1.29, 1.82) is 0 Å². The minimum atomic E-state index is 0.0347. The minimum absolute atomic E-state index is 0.0347. The van der Waals surface area contributed by atoms with E-state index in [0.717, 1.165) is 62.9 Å². The van der Waals surface area contributed by atoms with E-state index in [9.17, 15) is 9.59 Å². The Morgan fingerprint density at radius 1 is 1.06 bits per heavy atom. The van der Waals surface area contributed by atoms with Gasteiger partial charge in [0.05, 0.1) is 12.8 Å². The van der Waals surface area contributed by atoms with Crippen LogP contribution in [0.2, 0.25) is 0 Å². The van der Waals surface area contributed by atoms with E-state index in [0.29, 0.717) is 18.7 Å². The lowest BCUT2D eigenvalue weighted by molar-refractivity contribution is -0.124. The highest BCUT2D eigenvalue weighted by molar-refractivity contribution is 5.94. The molecule has 2 aliphatic rings. The van der Waals surface area contributed by atoms with Gasteiger partial charge in [-0.1, -0.05) is 25.0 Å². The number of benzene rings is 1. The Balaban J connectivity index is 1.40. The van der Waals surface area contributed by atoms with Gasteiger partial charge >= 0.3 is 0 Å². The maximum Gasteiger partial charge on any atom is 0.254 e. The summed E-state index contributed by atoms with van der Waals surface area (Å²) in [5.41, 5.74) is 1.69. The molecule has 6 nitrogen and oxygen atoms in total. The van der Waals surface area contributed by atoms with Crippen LogP contribution in [0.1, 0.15) is 60.2 Å². The standard InChI is InChI=1S/C25H33N3O3/c1-27-14-12-22(13-15-27)28(18-23-7-4-16-31-23)25(30)21-10-8-19(9-11-21)17-26-24(29)20-5-2-3-6-20/h4,7-11,16,20,22H,2-3,5-6,12-15,17-18H2,1H3,(H,26,29). The Hall–Kier alpha value is -2.60. The summed E-state index contributed by atoms with van der Waals surface area (Å²) in [5, 5.41) is 3.05. The fourth-order valence-corrected chi connectivity index (χ4v) is 4.70. The number of piperidine rings is 1. The molecular formula is C25H33N3O3. The van der Waals surface area contributed by atoms with Crippen molar-refractivity contribution in [3.8, 4) is 0 Å². The highest BCUT2D eigenvalue weighted by Crippen LogP contribution is 2.25. The zero-order chi connectivity index (χ0) is 21.6. The van der Waals surface area contributed by atoms with Gasteiger partial charge in [-0.2, -0.15) is 0 Å². The number of nitrogens with one attached hydrogen (secondary N) is 1. The van der Waals surface area contributed by atoms with Crippen molar-refractivity contribution in [3.05, 3.63) is 59.5 Å². The molecule has 6 heteroatoms. The molecule has 0 radical (unpaired) electrons. The van der Waals surface area contributed by atoms with Crippen LogP contribution in [0.5, 0.6) is 0 Å². The number of carbonyl (C=O) groups is 2. The molecular weight excluding hydrogens is 390 g/mol. The van der Waals surface area contributed by atoms with Crippen LogP contribution in [0.4, 0.5) is 0 Å². The lowest BCUT2D eigenvalue weighted by Gasteiger charge is -2.37. The predicted octanol–water partition coefficient (Wildman–Crippen LogP) is 3.82. The molecule has 166 valence electrons. The number of likely N-dealkylation sites (tertiary alicyclic amines) is 1. The lowest BCUT2D eigenvalue weighted by Crippen LogP contribution is -2.46. The fraction of sp³-hybridized carbons (Fsp3) is 0.520. The van der Waals surface area contributed by atoms with Gasteiger partial charge in [0.15, 0.2) is 0 Å². The highest BCUT2D eigenvalue weighted by Gasteiger charge is 2.28. The first-order valence-electron chi connectivity index (χ1n) is 11.5. The van der Waals surface area contributed by atoms with Crippen LogP contribution < -0.4 is 5.32 Å². The number of rotatable bonds is 7. The largest absolute Gasteiger partial charge is 0.467 e. The Morgan fingerprint density at radius 2 is 1.77 bits per heavy atom. The van der Waals surface area contributed by atoms with E-state index in [4.69, 9.17) is 4.42 Å². The van der Waals surface area contributed by atoms with Crippen molar-refractivity contribution in [1.82, 2.24) is 15.1 Å². The number of furan rings is 1. The van der Waals surface area contributed by atoms with Crippen molar-refractivity contribution in [2.24, 2.45) is 5.92 Å². The molecule has 31 heavy (non-hydrogen) atoms. The summed E-state index contributed by atoms with van der Waals surface area (Å²) < 4.78 is 5.53. The van der Waals surface area contributed by atoms with Crippen LogP contribution in [0.25, 0.3) is 0 Å². The number of hydrogen-bond donors (Lipinski definition) is 1. The molecule has 0 spiro atoms. The Bertz CT molecular complexity index is 849. The third-order valence-electron chi connectivity index (χ3n) is 6.69. The van der Waals surface area contributed by atoms with E-state index < -0.39 is 0 Å². The zero-order valence-corrected chi connectivity index (χ0v) is 18.4. The van der Waals surface area contributed by atoms with Gasteiger partial charge in [0.2, 0.25) is 5.91 Å². The van der Waals surface area contributed by atoms with Crippen LogP contribution in [0.15, 0.2) is 47.1 Å². The molecule has 1 aromatic heterocycles. The summed E-state index contributed by atoms with van der Waals surface area (Å²) in [7, 11) is 2.12. The van der Waals surface area contributed by atoms with E-state index in [-0.39, 0.29) is 23.8 Å². The molecule has 1 saturated carbocycles. The Kier molecular flexibility index (Phi) is 7.07. The predicted molar refractivity (Wildman–Crippen MR) is 119 cm³/mol. The van der Waals surface area contributed by atoms with E-state index in [1.165, 1.54) is 0 Å². The van der Waals surface area contributed by atoms with Crippen LogP contribution in [0, 0.1) is 5.92 Å². The summed E-state index contributed by atoms with van der Waals surface area (Å²) in [6.07, 6.45) is 7.90. The average molecular weight is 424 g/mol. The third-order valence-corrected chi connectivity index (χ3v) is 6.69. The minimum Gasteiger partial charge on any atom is -0.467 e. The number of hydrogen-bond acceptors (Lipinski definition) is 4. The van der Waals surface area contributed by atoms with Gasteiger partial charge in [-0.3, -0.25) is 9.59 Å². The van der Waals surface area contributed by atoms with Gasteiger partial charge in [0.25, 0.3) is 5.91 Å². The highest BCUT2D eigenvalue weighted by atomic mass is 16.3. The SMILES string of the molecule is CN1CCC(N(Cc2ccco2)C(=O)c2ccc(CNC(=O)C3CCCC3)cc2)CC1. The fourth-order valence-electron chi connectivity index (χ4n) is 4.70. The average Bonchev–Trinajstić information content (AvgIpc) is 3.51. The van der Waals surface area contributed by atoms with Gasteiger partial charge in [-0.05, 0) is 75.6 Å². The summed E-state index contributed by atoms with van der Waals surface area (Å²) in [6.45, 7) is 2.98. The van der Waals surface area contributed by atoms with Gasteiger partial charge in [0.1, 0.15) is 5.76 Å². The molecule has 2 amide bonds. The molecule has 1 N–H and O–H groups in total. The van der Waals surface area contributed by atoms with Crippen molar-refractivity contribution >= 4 is 11.8 Å². The topological polar surface area (TPSA) is 65.8 Å². The first-order chi connectivity index (χ1) is 15.1. The first-order valence-corrected chi connectivity index (χ1v) is 11.5. The normalized spacial score (nSPS) is 18.2. The number of amides is 2. The molecule has 1 aromatic carbocycles. The quantitative estimate of drug-likeness (QED) is 0.735. The third kappa shape index (κ3) is 5.56. The second-order valence-electron chi connectivity index (χ2n) is 8.94. The van der Waals surface area contributed by atoms with Crippen molar-refractivity contribution in [2.75, 3.05) is 20.1 Å². The number of nitrogens with zero attached hydrogens (tertiary/aromatic N) is 2. The van der Waals surface area contributed by atoms with Gasteiger partial charge in [-0.15, -0.1) is 0 Å². The zero-order valence-electron chi connectivity index (χ0n) is 18.4. The van der Waals surface area contributed by atoms with E-state index in [1.807, 2.05) is 41.3 Å². The van der Waals surface area contributed by atoms with E-state index in [2.05, 4.69) is 17.3 Å². The van der Waals surface area contributed by atoms with Crippen LogP contribution in [0.3, 0.4) is 0 Å². The second-order valence-corrected chi connectivity index (χ2v) is 8.94. The van der Waals surface area contributed by atoms with Crippen molar-refractivity contribution < 1.29 is 14.0 Å².